The number of hydrogen-bond donors (Lipinski definition) is 1. The molecule has 0 saturated carbocycles. The molecule has 0 aliphatic rings. The minimum Gasteiger partial charge on any atom is -0.465 e. The van der Waals surface area contributed by atoms with E-state index < -0.39 is 5.54 Å². The Labute approximate surface area is 140 Å². The third-order valence-corrected chi connectivity index (χ3v) is 4.24. The molecule has 0 spiro atoms. The first-order chi connectivity index (χ1) is 11.1. The largest absolute Gasteiger partial charge is 0.465 e. The predicted octanol–water partition coefficient (Wildman–Crippen LogP) is 3.20. The number of carbonyl (C=O) groups is 1. The predicted molar refractivity (Wildman–Crippen MR) is 93.5 cm³/mol. The van der Waals surface area contributed by atoms with E-state index in [1.165, 1.54) is 5.56 Å². The maximum absolute atomic E-state index is 12.7. The van der Waals surface area contributed by atoms with Crippen LogP contribution in [0, 0.1) is 5.92 Å². The van der Waals surface area contributed by atoms with E-state index in [9.17, 15) is 4.79 Å². The molecule has 0 saturated heterocycles. The van der Waals surface area contributed by atoms with Crippen LogP contribution in [0.25, 0.3) is 0 Å². The quantitative estimate of drug-likeness (QED) is 0.502. The molecule has 23 heavy (non-hydrogen) atoms. The molecule has 1 unspecified atom stereocenters. The van der Waals surface area contributed by atoms with Crippen LogP contribution < -0.4 is 5.32 Å². The summed E-state index contributed by atoms with van der Waals surface area (Å²) in [5.41, 5.74) is 0.583. The van der Waals surface area contributed by atoms with Gasteiger partial charge in [-0.15, -0.1) is 0 Å². The number of nitrogens with one attached hydrogen (secondary N) is 1. The SMILES string of the molecule is CCOC(=O)C(CCc1ccccc1)(NCCCOC)C(C)C. The highest BCUT2D eigenvalue weighted by Crippen LogP contribution is 2.26. The molecule has 0 aliphatic heterocycles. The van der Waals surface area contributed by atoms with Crippen molar-refractivity contribution < 1.29 is 14.3 Å². The lowest BCUT2D eigenvalue weighted by molar-refractivity contribution is -0.154. The Morgan fingerprint density at radius 2 is 1.96 bits per heavy atom. The van der Waals surface area contributed by atoms with Crippen molar-refractivity contribution in [1.29, 1.82) is 0 Å². The molecular weight excluding hydrogens is 290 g/mol. The van der Waals surface area contributed by atoms with Crippen molar-refractivity contribution in [3.8, 4) is 0 Å². The van der Waals surface area contributed by atoms with E-state index in [1.807, 2.05) is 25.1 Å². The number of hydrogen-bond acceptors (Lipinski definition) is 4. The zero-order chi connectivity index (χ0) is 17.1. The van der Waals surface area contributed by atoms with Crippen LogP contribution in [0.4, 0.5) is 0 Å². The number of aryl methyl sites for hydroxylation is 1. The highest BCUT2D eigenvalue weighted by atomic mass is 16.5. The number of rotatable bonds is 11. The maximum Gasteiger partial charge on any atom is 0.326 e. The lowest BCUT2D eigenvalue weighted by Gasteiger charge is -2.36. The molecule has 130 valence electrons. The van der Waals surface area contributed by atoms with Gasteiger partial charge in [0.2, 0.25) is 0 Å². The Balaban J connectivity index is 2.84. The van der Waals surface area contributed by atoms with Crippen LogP contribution >= 0.6 is 0 Å². The first kappa shape index (κ1) is 19.7. The number of benzene rings is 1. The second-order valence-corrected chi connectivity index (χ2v) is 6.11. The number of carbonyl (C=O) groups excluding carboxylic acids is 1. The zero-order valence-electron chi connectivity index (χ0n) is 14.9. The lowest BCUT2D eigenvalue weighted by atomic mass is 9.81. The summed E-state index contributed by atoms with van der Waals surface area (Å²) in [5, 5.41) is 3.47. The molecule has 0 heterocycles. The summed E-state index contributed by atoms with van der Waals surface area (Å²) in [6.07, 6.45) is 2.44. The molecule has 4 nitrogen and oxygen atoms in total. The molecule has 0 bridgehead atoms. The van der Waals surface area contributed by atoms with Gasteiger partial charge in [-0.1, -0.05) is 44.2 Å². The van der Waals surface area contributed by atoms with E-state index in [2.05, 4.69) is 31.3 Å². The van der Waals surface area contributed by atoms with Crippen LogP contribution in [0.1, 0.15) is 39.2 Å². The molecule has 0 fully saturated rings. The standard InChI is InChI=1S/C19H31NO3/c1-5-23-18(21)19(16(2)3,20-14-9-15-22-4)13-12-17-10-7-6-8-11-17/h6-8,10-11,16,20H,5,9,12-15H2,1-4H3. The van der Waals surface area contributed by atoms with E-state index >= 15 is 0 Å². The summed E-state index contributed by atoms with van der Waals surface area (Å²) in [6, 6.07) is 10.3. The van der Waals surface area contributed by atoms with Crippen molar-refractivity contribution in [3.63, 3.8) is 0 Å². The van der Waals surface area contributed by atoms with Gasteiger partial charge in [0.1, 0.15) is 5.54 Å². The minimum absolute atomic E-state index is 0.146. The average Bonchev–Trinajstić information content (AvgIpc) is 2.55. The monoisotopic (exact) mass is 321 g/mol. The maximum atomic E-state index is 12.7. The van der Waals surface area contributed by atoms with Gasteiger partial charge in [0, 0.05) is 13.7 Å². The number of methoxy groups -OCH3 is 1. The Hall–Kier alpha value is -1.39. The summed E-state index contributed by atoms with van der Waals surface area (Å²) in [4.78, 5) is 12.7. The molecule has 0 amide bonds. The Bertz CT molecular complexity index is 447. The second kappa shape index (κ2) is 10.4. The third kappa shape index (κ3) is 5.96. The van der Waals surface area contributed by atoms with Crippen LogP contribution in [-0.4, -0.2) is 38.4 Å². The highest BCUT2D eigenvalue weighted by Gasteiger charge is 2.41. The van der Waals surface area contributed by atoms with Gasteiger partial charge in [0.05, 0.1) is 6.61 Å². The van der Waals surface area contributed by atoms with Crippen LogP contribution in [0.2, 0.25) is 0 Å². The molecule has 1 N–H and O–H groups in total. The fourth-order valence-electron chi connectivity index (χ4n) is 2.77. The fraction of sp³-hybridized carbons (Fsp3) is 0.632. The van der Waals surface area contributed by atoms with Gasteiger partial charge in [-0.25, -0.2) is 0 Å². The molecule has 0 radical (unpaired) electrons. The van der Waals surface area contributed by atoms with Gasteiger partial charge in [-0.2, -0.15) is 0 Å². The first-order valence-electron chi connectivity index (χ1n) is 8.52. The van der Waals surface area contributed by atoms with Crippen LogP contribution in [0.5, 0.6) is 0 Å². The molecule has 1 aromatic carbocycles. The molecular formula is C19H31NO3. The second-order valence-electron chi connectivity index (χ2n) is 6.11. The van der Waals surface area contributed by atoms with E-state index in [-0.39, 0.29) is 11.9 Å². The van der Waals surface area contributed by atoms with E-state index in [0.717, 1.165) is 25.8 Å². The molecule has 1 atom stereocenters. The summed E-state index contributed by atoms with van der Waals surface area (Å²) in [7, 11) is 1.69. The summed E-state index contributed by atoms with van der Waals surface area (Å²) >= 11 is 0. The Morgan fingerprint density at radius 1 is 1.26 bits per heavy atom. The fourth-order valence-corrected chi connectivity index (χ4v) is 2.77. The van der Waals surface area contributed by atoms with Crippen LogP contribution in [0.3, 0.4) is 0 Å². The molecule has 0 aromatic heterocycles. The summed E-state index contributed by atoms with van der Waals surface area (Å²) < 4.78 is 10.5. The van der Waals surface area contributed by atoms with E-state index in [1.54, 1.807) is 7.11 Å². The van der Waals surface area contributed by atoms with Gasteiger partial charge >= 0.3 is 5.97 Å². The van der Waals surface area contributed by atoms with Gasteiger partial charge in [0.15, 0.2) is 0 Å². The Kier molecular flexibility index (Phi) is 8.89. The van der Waals surface area contributed by atoms with Crippen molar-refractivity contribution in [3.05, 3.63) is 35.9 Å². The van der Waals surface area contributed by atoms with Crippen molar-refractivity contribution in [1.82, 2.24) is 5.32 Å². The van der Waals surface area contributed by atoms with E-state index in [0.29, 0.717) is 13.2 Å². The minimum atomic E-state index is -0.653. The molecule has 0 aliphatic carbocycles. The van der Waals surface area contributed by atoms with Gasteiger partial charge in [-0.3, -0.25) is 4.79 Å². The van der Waals surface area contributed by atoms with Crippen LogP contribution in [0.15, 0.2) is 30.3 Å². The smallest absolute Gasteiger partial charge is 0.326 e. The zero-order valence-corrected chi connectivity index (χ0v) is 14.9. The van der Waals surface area contributed by atoms with Crippen molar-refractivity contribution >= 4 is 5.97 Å². The van der Waals surface area contributed by atoms with Crippen molar-refractivity contribution in [2.75, 3.05) is 26.9 Å². The summed E-state index contributed by atoms with van der Waals surface area (Å²) in [5.74, 6) is -0.00356. The van der Waals surface area contributed by atoms with Crippen LogP contribution in [-0.2, 0) is 20.7 Å². The van der Waals surface area contributed by atoms with Crippen molar-refractivity contribution in [2.24, 2.45) is 5.92 Å². The average molecular weight is 321 g/mol. The highest BCUT2D eigenvalue weighted by molar-refractivity contribution is 5.81. The summed E-state index contributed by atoms with van der Waals surface area (Å²) in [6.45, 7) is 7.82. The normalized spacial score (nSPS) is 13.8. The third-order valence-electron chi connectivity index (χ3n) is 4.24. The van der Waals surface area contributed by atoms with Gasteiger partial charge < -0.3 is 14.8 Å². The number of esters is 1. The Morgan fingerprint density at radius 3 is 2.52 bits per heavy atom. The molecule has 1 aromatic rings. The number of ether oxygens (including phenoxy) is 2. The van der Waals surface area contributed by atoms with Gasteiger partial charge in [-0.05, 0) is 44.2 Å². The molecule has 1 rings (SSSR count). The van der Waals surface area contributed by atoms with Gasteiger partial charge in [0.25, 0.3) is 0 Å². The topological polar surface area (TPSA) is 47.6 Å². The molecule has 4 heteroatoms. The first-order valence-corrected chi connectivity index (χ1v) is 8.52. The van der Waals surface area contributed by atoms with Crippen molar-refractivity contribution in [2.45, 2.75) is 45.6 Å². The lowest BCUT2D eigenvalue weighted by Crippen LogP contribution is -2.57. The van der Waals surface area contributed by atoms with E-state index in [4.69, 9.17) is 9.47 Å².